The molecule has 320 valence electrons. The van der Waals surface area contributed by atoms with Crippen molar-refractivity contribution >= 4 is 13.3 Å². The molecule has 0 amide bonds. The number of unbranched alkanes of at least 4 members (excludes halogenated alkanes) is 25. The summed E-state index contributed by atoms with van der Waals surface area (Å²) in [5, 5.41) is 0. The predicted octanol–water partition coefficient (Wildman–Crippen LogP) is 15.1. The topological polar surface area (TPSA) is 80.3 Å². The average molecular weight is 786 g/mol. The molecule has 54 heavy (non-hydrogen) atoms. The largest absolute Gasteiger partial charge is 0.495 e. The van der Waals surface area contributed by atoms with E-state index in [4.69, 9.17) is 23.7 Å². The van der Waals surface area contributed by atoms with Crippen molar-refractivity contribution in [3.63, 3.8) is 0 Å². The van der Waals surface area contributed by atoms with Crippen molar-refractivity contribution in [2.75, 3.05) is 33.0 Å². The van der Waals surface area contributed by atoms with Gasteiger partial charge in [-0.25, -0.2) is 4.79 Å². The summed E-state index contributed by atoms with van der Waals surface area (Å²) in [5.74, 6) is -1.97. The van der Waals surface area contributed by atoms with Gasteiger partial charge in [0.1, 0.15) is 0 Å². The molecule has 1 atom stereocenters. The molecule has 0 aliphatic carbocycles. The van der Waals surface area contributed by atoms with Crippen LogP contribution in [0, 0.1) is 0 Å². The first-order valence-electron chi connectivity index (χ1n) is 23.2. The lowest BCUT2D eigenvalue weighted by Crippen LogP contribution is -2.61. The molecule has 0 saturated heterocycles. The lowest BCUT2D eigenvalue weighted by atomic mass is 10.1. The van der Waals surface area contributed by atoms with Crippen LogP contribution in [-0.2, 0) is 33.0 Å². The van der Waals surface area contributed by atoms with Crippen molar-refractivity contribution in [2.45, 2.75) is 246 Å². The average Bonchev–Trinajstić information content (AvgIpc) is 3.17. The molecule has 0 spiro atoms. The van der Waals surface area contributed by atoms with Crippen LogP contribution in [0.15, 0.2) is 12.2 Å². The lowest BCUT2D eigenvalue weighted by molar-refractivity contribution is -0.472. The first kappa shape index (κ1) is 53.3. The number of rotatable bonds is 44. The number of ether oxygens (including phenoxy) is 5. The Balaban J connectivity index is 6.86. The molecule has 0 bridgehead atoms. The zero-order valence-electron chi connectivity index (χ0n) is 36.8. The maximum absolute atomic E-state index is 14.9. The minimum absolute atomic E-state index is 0.198. The summed E-state index contributed by atoms with van der Waals surface area (Å²) in [6, 6.07) is 0. The Labute approximate surface area is 336 Å². The van der Waals surface area contributed by atoms with Gasteiger partial charge < -0.3 is 23.7 Å². The van der Waals surface area contributed by atoms with E-state index in [1.54, 1.807) is 6.92 Å². The molecular weight excluding hydrogens is 695 g/mol. The molecule has 0 rings (SSSR count). The molecule has 8 heteroatoms. The fourth-order valence-corrected chi connectivity index (χ4v) is 8.09. The van der Waals surface area contributed by atoms with E-state index in [-0.39, 0.29) is 18.8 Å². The van der Waals surface area contributed by atoms with E-state index >= 15 is 0 Å². The zero-order valence-corrected chi connectivity index (χ0v) is 37.7. The highest BCUT2D eigenvalue weighted by molar-refractivity contribution is 7.65. The predicted molar refractivity (Wildman–Crippen MR) is 230 cm³/mol. The van der Waals surface area contributed by atoms with E-state index in [1.165, 1.54) is 96.3 Å². The van der Waals surface area contributed by atoms with Crippen molar-refractivity contribution in [1.82, 2.24) is 0 Å². The van der Waals surface area contributed by atoms with Crippen LogP contribution in [0.4, 0.5) is 0 Å². The number of hydrogen-bond donors (Lipinski definition) is 0. The van der Waals surface area contributed by atoms with Gasteiger partial charge in [0, 0.05) is 5.57 Å². The number of carbonyl (C=O) groups excluding carboxylic acids is 1. The Hall–Kier alpha value is -0.690. The van der Waals surface area contributed by atoms with E-state index in [0.717, 1.165) is 96.3 Å². The first-order chi connectivity index (χ1) is 26.3. The summed E-state index contributed by atoms with van der Waals surface area (Å²) in [4.78, 5) is 13.9. The van der Waals surface area contributed by atoms with E-state index in [9.17, 15) is 9.36 Å². The van der Waals surface area contributed by atoms with Crippen LogP contribution < -0.4 is 0 Å². The summed E-state index contributed by atoms with van der Waals surface area (Å²) < 4.78 is 48.9. The van der Waals surface area contributed by atoms with E-state index in [0.29, 0.717) is 19.8 Å². The molecule has 0 aliphatic rings. The number of allylic oxidation sites excluding steroid dienone is 1. The fourth-order valence-electron chi connectivity index (χ4n) is 6.62. The zero-order chi connectivity index (χ0) is 40.0. The smallest absolute Gasteiger partial charge is 0.319 e. The van der Waals surface area contributed by atoms with Gasteiger partial charge in [-0.3, -0.25) is 0 Å². The Kier molecular flexibility index (Phi) is 37.4. The molecule has 1 unspecified atom stereocenters. The molecule has 0 aliphatic heterocycles. The quantitative estimate of drug-likeness (QED) is 0.0263. The maximum Gasteiger partial charge on any atom is 0.495 e. The van der Waals surface area contributed by atoms with Gasteiger partial charge >= 0.3 is 24.8 Å². The Morgan fingerprint density at radius 3 is 0.870 bits per heavy atom. The molecule has 7 nitrogen and oxygen atoms in total. The third-order valence-corrected chi connectivity index (χ3v) is 12.0. The highest BCUT2D eigenvalue weighted by atomic mass is 31.1. The normalized spacial score (nSPS) is 12.4. The summed E-state index contributed by atoms with van der Waals surface area (Å²) in [7, 11) is -2.88. The highest BCUT2D eigenvalue weighted by Gasteiger charge is 2.75. The van der Waals surface area contributed by atoms with Crippen LogP contribution in [0.25, 0.3) is 0 Å². The van der Waals surface area contributed by atoms with Gasteiger partial charge in [-0.05, 0) is 39.0 Å². The van der Waals surface area contributed by atoms with Crippen LogP contribution in [0.1, 0.15) is 234 Å². The van der Waals surface area contributed by atoms with E-state index < -0.39 is 24.8 Å². The van der Waals surface area contributed by atoms with Gasteiger partial charge in [0.15, 0.2) is 0 Å². The molecule has 0 heterocycles. The molecule has 0 saturated carbocycles. The fraction of sp³-hybridized carbons (Fsp3) is 0.935. The van der Waals surface area contributed by atoms with Crippen molar-refractivity contribution in [2.24, 2.45) is 0 Å². The van der Waals surface area contributed by atoms with E-state index in [2.05, 4.69) is 41.2 Å². The minimum Gasteiger partial charge on any atom is -0.319 e. The standard InChI is InChI=1S/C46H90O7P/c1-8-13-18-23-28-33-38-49-45(50-39-34-29-24-19-14-9-2,51-40-35-30-25-20-15-10-3)46(54(48)44(47)43(6)7,52-41-36-31-26-21-16-11-4)53-42-37-32-27-22-17-12-5/h6,8-42H2,1-5,7H3/q+1. The van der Waals surface area contributed by atoms with Gasteiger partial charge in [0.25, 0.3) is 0 Å². The van der Waals surface area contributed by atoms with Gasteiger partial charge in [-0.1, -0.05) is 206 Å². The van der Waals surface area contributed by atoms with Gasteiger partial charge in [0.2, 0.25) is 0 Å². The van der Waals surface area contributed by atoms with Crippen LogP contribution in [0.2, 0.25) is 0 Å². The van der Waals surface area contributed by atoms with Crippen LogP contribution in [0.5, 0.6) is 0 Å². The second-order valence-electron chi connectivity index (χ2n) is 15.6. The van der Waals surface area contributed by atoms with Crippen molar-refractivity contribution in [3.05, 3.63) is 12.2 Å². The second-order valence-corrected chi connectivity index (χ2v) is 17.2. The minimum atomic E-state index is -2.88. The third-order valence-electron chi connectivity index (χ3n) is 10.2. The molecule has 0 fully saturated rings. The molecular formula is C46H90O7P+. The van der Waals surface area contributed by atoms with Crippen LogP contribution in [0.3, 0.4) is 0 Å². The van der Waals surface area contributed by atoms with Crippen molar-refractivity contribution in [1.29, 1.82) is 0 Å². The monoisotopic (exact) mass is 786 g/mol. The highest BCUT2D eigenvalue weighted by Crippen LogP contribution is 2.53. The first-order valence-corrected chi connectivity index (χ1v) is 24.4. The Bertz CT molecular complexity index is 816. The van der Waals surface area contributed by atoms with E-state index in [1.807, 2.05) is 0 Å². The summed E-state index contributed by atoms with van der Waals surface area (Å²) in [6.07, 6.45) is 32.3. The van der Waals surface area contributed by atoms with Crippen LogP contribution >= 0.6 is 7.80 Å². The number of carbonyl (C=O) groups is 1. The Morgan fingerprint density at radius 1 is 0.407 bits per heavy atom. The SMILES string of the molecule is C=C(C)C(=O)[P+](=O)C(OCCCCCCCC)(OCCCCCCCC)C(OCCCCCCCC)(OCCCCCCCC)OCCCCCCCC. The molecule has 0 aromatic rings. The third kappa shape index (κ3) is 24.8. The maximum atomic E-state index is 14.9. The Morgan fingerprint density at radius 2 is 0.630 bits per heavy atom. The second kappa shape index (κ2) is 37.9. The summed E-state index contributed by atoms with van der Waals surface area (Å²) in [5.41, 5.74) is -2.46. The molecule has 0 N–H and O–H groups in total. The molecule has 0 radical (unpaired) electrons. The van der Waals surface area contributed by atoms with Crippen molar-refractivity contribution in [3.8, 4) is 0 Å². The van der Waals surface area contributed by atoms with Crippen LogP contribution in [-0.4, -0.2) is 50.1 Å². The lowest BCUT2D eigenvalue weighted by Gasteiger charge is -2.40. The van der Waals surface area contributed by atoms with Gasteiger partial charge in [-0.15, -0.1) is 0 Å². The van der Waals surface area contributed by atoms with Gasteiger partial charge in [0.05, 0.1) is 33.0 Å². The summed E-state index contributed by atoms with van der Waals surface area (Å²) in [6.45, 7) is 18.1. The molecule has 0 aromatic heterocycles. The number of hydrogen-bond acceptors (Lipinski definition) is 7. The summed E-state index contributed by atoms with van der Waals surface area (Å²) >= 11 is 0. The molecule has 0 aromatic carbocycles. The van der Waals surface area contributed by atoms with Crippen molar-refractivity contribution < 1.29 is 33.0 Å². The van der Waals surface area contributed by atoms with Gasteiger partial charge in [-0.2, -0.15) is 0 Å².